The number of carbonyl (C=O) groups is 1. The topological polar surface area (TPSA) is 114 Å². The van der Waals surface area contributed by atoms with E-state index in [1.54, 1.807) is 7.11 Å². The standard InChI is InChI=1S/C20H29FN2O7S/c1-28-9-8-22-20(25)10-15-6-7-17-18(30-15)13-29-12-14(24)11-23(17)31(26,27)19-5-3-2-4-16(19)21/h2-5,14-15,17-18,24H,6-13H2,1H3,(H,22,25)/t14-,15+,17-,18+/m1/s1. The van der Waals surface area contributed by atoms with Gasteiger partial charge in [-0.1, -0.05) is 12.1 Å². The van der Waals surface area contributed by atoms with Crippen molar-refractivity contribution in [2.45, 2.75) is 48.5 Å². The highest BCUT2D eigenvalue weighted by atomic mass is 32.2. The van der Waals surface area contributed by atoms with Crippen LogP contribution in [-0.4, -0.2) is 88.1 Å². The highest BCUT2D eigenvalue weighted by Gasteiger charge is 2.43. The summed E-state index contributed by atoms with van der Waals surface area (Å²) in [5.41, 5.74) is 0. The van der Waals surface area contributed by atoms with E-state index in [-0.39, 0.29) is 32.1 Å². The lowest BCUT2D eigenvalue weighted by Crippen LogP contribution is -2.57. The minimum absolute atomic E-state index is 0.0623. The number of hydrogen-bond donors (Lipinski definition) is 2. The SMILES string of the molecule is COCCNC(=O)C[C@@H]1CC[C@@H]2[C@H](COC[C@H](O)CN2S(=O)(=O)c2ccccc2F)O1. The number of nitrogens with zero attached hydrogens (tertiary/aromatic N) is 1. The number of carbonyl (C=O) groups excluding carboxylic acids is 1. The Morgan fingerprint density at radius 3 is 2.84 bits per heavy atom. The zero-order chi connectivity index (χ0) is 22.4. The molecule has 1 aromatic rings. The Kier molecular flexibility index (Phi) is 8.36. The van der Waals surface area contributed by atoms with E-state index in [2.05, 4.69) is 5.32 Å². The first-order valence-electron chi connectivity index (χ1n) is 10.3. The second-order valence-electron chi connectivity index (χ2n) is 7.68. The predicted octanol–water partition coefficient (Wildman–Crippen LogP) is 0.276. The van der Waals surface area contributed by atoms with Gasteiger partial charge in [0.25, 0.3) is 0 Å². The van der Waals surface area contributed by atoms with Crippen molar-refractivity contribution >= 4 is 15.9 Å². The number of halogens is 1. The van der Waals surface area contributed by atoms with Crippen molar-refractivity contribution in [2.24, 2.45) is 0 Å². The van der Waals surface area contributed by atoms with E-state index in [1.807, 2.05) is 0 Å². The van der Waals surface area contributed by atoms with E-state index >= 15 is 0 Å². The maximum atomic E-state index is 14.3. The Morgan fingerprint density at radius 1 is 1.32 bits per heavy atom. The molecule has 2 aliphatic rings. The third-order valence-corrected chi connectivity index (χ3v) is 7.32. The summed E-state index contributed by atoms with van der Waals surface area (Å²) in [6.45, 7) is 0.555. The maximum absolute atomic E-state index is 14.3. The van der Waals surface area contributed by atoms with Gasteiger partial charge in [-0.3, -0.25) is 4.79 Å². The van der Waals surface area contributed by atoms with E-state index in [1.165, 1.54) is 18.2 Å². The van der Waals surface area contributed by atoms with E-state index in [9.17, 15) is 22.7 Å². The Morgan fingerprint density at radius 2 is 2.10 bits per heavy atom. The fourth-order valence-electron chi connectivity index (χ4n) is 3.92. The molecule has 0 saturated carbocycles. The molecular formula is C20H29FN2O7S. The number of rotatable bonds is 7. The van der Waals surface area contributed by atoms with Crippen molar-refractivity contribution in [3.63, 3.8) is 0 Å². The van der Waals surface area contributed by atoms with E-state index in [0.717, 1.165) is 10.4 Å². The van der Waals surface area contributed by atoms with Crippen LogP contribution in [0.1, 0.15) is 19.3 Å². The van der Waals surface area contributed by atoms with Gasteiger partial charge in [0.05, 0.1) is 50.6 Å². The molecule has 0 unspecified atom stereocenters. The van der Waals surface area contributed by atoms with Crippen LogP contribution in [0.2, 0.25) is 0 Å². The van der Waals surface area contributed by atoms with Gasteiger partial charge >= 0.3 is 0 Å². The van der Waals surface area contributed by atoms with E-state index < -0.39 is 45.1 Å². The lowest BCUT2D eigenvalue weighted by molar-refractivity contribution is -0.146. The van der Waals surface area contributed by atoms with Crippen molar-refractivity contribution in [1.29, 1.82) is 0 Å². The number of nitrogens with one attached hydrogen (secondary N) is 1. The summed E-state index contributed by atoms with van der Waals surface area (Å²) in [5, 5.41) is 12.9. The molecule has 2 fully saturated rings. The molecule has 1 aromatic carbocycles. The van der Waals surface area contributed by atoms with E-state index in [0.29, 0.717) is 26.0 Å². The lowest BCUT2D eigenvalue weighted by Gasteiger charge is -2.43. The molecule has 3 rings (SSSR count). The quantitative estimate of drug-likeness (QED) is 0.562. The molecule has 2 saturated heterocycles. The highest BCUT2D eigenvalue weighted by molar-refractivity contribution is 7.89. The molecule has 0 spiro atoms. The summed E-state index contributed by atoms with van der Waals surface area (Å²) >= 11 is 0. The molecule has 1 amide bonds. The second kappa shape index (κ2) is 10.8. The highest BCUT2D eigenvalue weighted by Crippen LogP contribution is 2.32. The lowest BCUT2D eigenvalue weighted by atomic mass is 9.96. The number of methoxy groups -OCH3 is 1. The van der Waals surface area contributed by atoms with Crippen LogP contribution in [0.3, 0.4) is 0 Å². The van der Waals surface area contributed by atoms with Gasteiger partial charge in [0.2, 0.25) is 15.9 Å². The fraction of sp³-hybridized carbons (Fsp3) is 0.650. The summed E-state index contributed by atoms with van der Waals surface area (Å²) < 4.78 is 58.4. The average molecular weight is 461 g/mol. The average Bonchev–Trinajstić information content (AvgIpc) is 2.71. The normalized spacial score (nSPS) is 27.7. The molecule has 0 aromatic heterocycles. The van der Waals surface area contributed by atoms with Crippen molar-refractivity contribution in [2.75, 3.05) is 40.0 Å². The summed E-state index contributed by atoms with van der Waals surface area (Å²) in [4.78, 5) is 11.7. The van der Waals surface area contributed by atoms with Crippen LogP contribution in [0.25, 0.3) is 0 Å². The number of ether oxygens (including phenoxy) is 3. The Hall–Kier alpha value is -1.63. The van der Waals surface area contributed by atoms with Gasteiger partial charge < -0.3 is 24.6 Å². The molecule has 0 aliphatic carbocycles. The monoisotopic (exact) mass is 460 g/mol. The molecule has 2 aliphatic heterocycles. The minimum atomic E-state index is -4.22. The number of benzene rings is 1. The number of fused-ring (bicyclic) bond motifs is 1. The first-order valence-corrected chi connectivity index (χ1v) is 11.7. The zero-order valence-corrected chi connectivity index (χ0v) is 18.2. The molecule has 0 bridgehead atoms. The van der Waals surface area contributed by atoms with Crippen LogP contribution in [0, 0.1) is 5.82 Å². The molecule has 2 heterocycles. The minimum Gasteiger partial charge on any atom is -0.389 e. The van der Waals surface area contributed by atoms with Crippen LogP contribution in [0.15, 0.2) is 29.2 Å². The number of hydrogen-bond acceptors (Lipinski definition) is 7. The fourth-order valence-corrected chi connectivity index (χ4v) is 5.71. The number of β-amino-alcohol motifs (C(OH)–C–C–N with tert-alkyl or cyclic N) is 1. The van der Waals surface area contributed by atoms with Gasteiger partial charge in [0.1, 0.15) is 10.7 Å². The molecular weight excluding hydrogens is 431 g/mol. The Labute approximate surface area is 181 Å². The summed E-state index contributed by atoms with van der Waals surface area (Å²) in [6.07, 6.45) is -1.11. The van der Waals surface area contributed by atoms with Gasteiger partial charge in [-0.25, -0.2) is 12.8 Å². The van der Waals surface area contributed by atoms with Crippen molar-refractivity contribution in [3.05, 3.63) is 30.1 Å². The van der Waals surface area contributed by atoms with Crippen molar-refractivity contribution < 1.29 is 36.9 Å². The van der Waals surface area contributed by atoms with Crippen LogP contribution in [0.4, 0.5) is 4.39 Å². The number of aliphatic hydroxyl groups excluding tert-OH is 1. The Balaban J connectivity index is 1.76. The van der Waals surface area contributed by atoms with E-state index in [4.69, 9.17) is 14.2 Å². The Bertz CT molecular complexity index is 854. The number of amides is 1. The molecule has 31 heavy (non-hydrogen) atoms. The third-order valence-electron chi connectivity index (χ3n) is 5.40. The van der Waals surface area contributed by atoms with Crippen LogP contribution in [-0.2, 0) is 29.0 Å². The molecule has 4 atom stereocenters. The summed E-state index contributed by atoms with van der Waals surface area (Å²) in [7, 11) is -2.68. The predicted molar refractivity (Wildman–Crippen MR) is 108 cm³/mol. The van der Waals surface area contributed by atoms with Gasteiger partial charge in [0.15, 0.2) is 0 Å². The molecule has 0 radical (unpaired) electrons. The van der Waals surface area contributed by atoms with Crippen LogP contribution < -0.4 is 5.32 Å². The number of aliphatic hydroxyl groups is 1. The van der Waals surface area contributed by atoms with Gasteiger partial charge in [-0.15, -0.1) is 0 Å². The van der Waals surface area contributed by atoms with Gasteiger partial charge in [-0.2, -0.15) is 4.31 Å². The summed E-state index contributed by atoms with van der Waals surface area (Å²) in [5.74, 6) is -1.03. The third kappa shape index (κ3) is 5.99. The second-order valence-corrected chi connectivity index (χ2v) is 9.54. The van der Waals surface area contributed by atoms with Crippen LogP contribution >= 0.6 is 0 Å². The zero-order valence-electron chi connectivity index (χ0n) is 17.4. The summed E-state index contributed by atoms with van der Waals surface area (Å²) in [6, 6.07) is 4.51. The van der Waals surface area contributed by atoms with Crippen LogP contribution in [0.5, 0.6) is 0 Å². The first kappa shape index (κ1) is 24.0. The van der Waals surface area contributed by atoms with Gasteiger partial charge in [0, 0.05) is 20.2 Å². The van der Waals surface area contributed by atoms with Crippen molar-refractivity contribution in [1.82, 2.24) is 9.62 Å². The maximum Gasteiger partial charge on any atom is 0.246 e. The van der Waals surface area contributed by atoms with Crippen molar-refractivity contribution in [3.8, 4) is 0 Å². The molecule has 2 N–H and O–H groups in total. The largest absolute Gasteiger partial charge is 0.389 e. The first-order chi connectivity index (χ1) is 14.8. The smallest absolute Gasteiger partial charge is 0.246 e. The van der Waals surface area contributed by atoms with Gasteiger partial charge in [-0.05, 0) is 25.0 Å². The number of sulfonamides is 1. The molecule has 11 heteroatoms. The molecule has 174 valence electrons. The molecule has 9 nitrogen and oxygen atoms in total.